The Labute approximate surface area is 144 Å². The molecule has 2 unspecified atom stereocenters. The zero-order valence-electron chi connectivity index (χ0n) is 12.5. The van der Waals surface area contributed by atoms with Crippen LogP contribution in [0.25, 0.3) is 0 Å². The molecule has 0 spiro atoms. The zero-order chi connectivity index (χ0) is 15.2. The van der Waals surface area contributed by atoms with E-state index in [1.807, 2.05) is 0 Å². The first-order chi connectivity index (χ1) is 10.2. The molecule has 2 rings (SSSR count). The van der Waals surface area contributed by atoms with Crippen molar-refractivity contribution in [1.82, 2.24) is 4.90 Å². The van der Waals surface area contributed by atoms with Crippen molar-refractivity contribution in [3.63, 3.8) is 0 Å². The molecule has 21 heavy (non-hydrogen) atoms. The van der Waals surface area contributed by atoms with Crippen molar-refractivity contribution >= 4 is 31.9 Å². The van der Waals surface area contributed by atoms with E-state index >= 15 is 0 Å². The molecule has 1 aromatic carbocycles. The van der Waals surface area contributed by atoms with Crippen LogP contribution in [-0.4, -0.2) is 37.2 Å². The Kier molecular flexibility index (Phi) is 7.16. The average Bonchev–Trinajstić information content (AvgIpc) is 2.50. The molecular weight excluding hydrogens is 396 g/mol. The first kappa shape index (κ1) is 17.4. The van der Waals surface area contributed by atoms with Crippen molar-refractivity contribution < 1.29 is 4.74 Å². The fourth-order valence-electron chi connectivity index (χ4n) is 2.89. The number of hydrogen-bond donors (Lipinski definition) is 1. The van der Waals surface area contributed by atoms with Crippen LogP contribution in [0.15, 0.2) is 27.1 Å². The number of halogens is 2. The third kappa shape index (κ3) is 4.76. The van der Waals surface area contributed by atoms with E-state index in [4.69, 9.17) is 10.5 Å². The Morgan fingerprint density at radius 2 is 2.19 bits per heavy atom. The lowest BCUT2D eigenvalue weighted by atomic mass is 10.0. The summed E-state index contributed by atoms with van der Waals surface area (Å²) >= 11 is 7.11. The fraction of sp³-hybridized carbons (Fsp3) is 0.625. The van der Waals surface area contributed by atoms with Gasteiger partial charge in [0.15, 0.2) is 0 Å². The topological polar surface area (TPSA) is 38.5 Å². The van der Waals surface area contributed by atoms with E-state index in [1.165, 1.54) is 12.0 Å². The predicted molar refractivity (Wildman–Crippen MR) is 94.5 cm³/mol. The largest absolute Gasteiger partial charge is 0.377 e. The molecule has 0 saturated carbocycles. The van der Waals surface area contributed by atoms with Crippen LogP contribution in [0.4, 0.5) is 0 Å². The van der Waals surface area contributed by atoms with Gasteiger partial charge in [-0.3, -0.25) is 4.90 Å². The van der Waals surface area contributed by atoms with E-state index in [0.29, 0.717) is 12.6 Å². The lowest BCUT2D eigenvalue weighted by Crippen LogP contribution is -2.44. The van der Waals surface area contributed by atoms with Crippen LogP contribution in [0.5, 0.6) is 0 Å². The van der Waals surface area contributed by atoms with Crippen molar-refractivity contribution in [2.45, 2.75) is 38.3 Å². The summed E-state index contributed by atoms with van der Waals surface area (Å²) in [6.07, 6.45) is 3.78. The van der Waals surface area contributed by atoms with E-state index < -0.39 is 0 Å². The first-order valence-electron chi connectivity index (χ1n) is 7.66. The van der Waals surface area contributed by atoms with Crippen molar-refractivity contribution in [3.8, 4) is 0 Å². The second kappa shape index (κ2) is 8.63. The quantitative estimate of drug-likeness (QED) is 0.754. The molecule has 2 N–H and O–H groups in total. The van der Waals surface area contributed by atoms with Gasteiger partial charge in [0.05, 0.1) is 6.10 Å². The number of piperidine rings is 1. The number of nitrogens with zero attached hydrogens (tertiary/aromatic N) is 1. The minimum absolute atomic E-state index is 0.266. The van der Waals surface area contributed by atoms with Gasteiger partial charge in [-0.05, 0) is 75.4 Å². The summed E-state index contributed by atoms with van der Waals surface area (Å²) in [4.78, 5) is 2.47. The molecule has 0 aliphatic carbocycles. The summed E-state index contributed by atoms with van der Waals surface area (Å²) in [5.74, 6) is 0. The second-order valence-corrected chi connectivity index (χ2v) is 7.26. The molecule has 2 atom stereocenters. The Balaban J connectivity index is 2.07. The lowest BCUT2D eigenvalue weighted by molar-refractivity contribution is -0.0118. The van der Waals surface area contributed by atoms with E-state index in [1.54, 1.807) is 0 Å². The number of ether oxygens (including phenoxy) is 1. The van der Waals surface area contributed by atoms with Crippen LogP contribution in [0.2, 0.25) is 0 Å². The summed E-state index contributed by atoms with van der Waals surface area (Å²) in [6.45, 7) is 5.73. The Bertz CT molecular complexity index is 456. The van der Waals surface area contributed by atoms with Gasteiger partial charge in [-0.15, -0.1) is 0 Å². The molecule has 118 valence electrons. The SMILES string of the molecule is CCCOC1CCCN(C(CN)c2ccc(Br)c(Br)c2)C1. The molecule has 0 radical (unpaired) electrons. The minimum atomic E-state index is 0.266. The van der Waals surface area contributed by atoms with Crippen LogP contribution in [0.3, 0.4) is 0 Å². The maximum atomic E-state index is 6.06. The number of rotatable bonds is 6. The maximum Gasteiger partial charge on any atom is 0.0702 e. The van der Waals surface area contributed by atoms with Crippen molar-refractivity contribution in [3.05, 3.63) is 32.7 Å². The Morgan fingerprint density at radius 3 is 2.86 bits per heavy atom. The molecule has 1 heterocycles. The lowest BCUT2D eigenvalue weighted by Gasteiger charge is -2.38. The highest BCUT2D eigenvalue weighted by atomic mass is 79.9. The standard InChI is InChI=1S/C16H24Br2N2O/c1-2-8-21-13-4-3-7-20(11-13)16(10-19)12-5-6-14(17)15(18)9-12/h5-6,9,13,16H,2-4,7-8,10-11,19H2,1H3. The molecular formula is C16H24Br2N2O. The number of likely N-dealkylation sites (tertiary alicyclic amines) is 1. The summed E-state index contributed by atoms with van der Waals surface area (Å²) < 4.78 is 8.09. The summed E-state index contributed by atoms with van der Waals surface area (Å²) in [7, 11) is 0. The molecule has 1 saturated heterocycles. The molecule has 0 aromatic heterocycles. The maximum absolute atomic E-state index is 6.06. The average molecular weight is 420 g/mol. The van der Waals surface area contributed by atoms with E-state index in [-0.39, 0.29) is 6.04 Å². The smallest absolute Gasteiger partial charge is 0.0702 e. The van der Waals surface area contributed by atoms with Gasteiger partial charge in [-0.2, -0.15) is 0 Å². The molecule has 1 aromatic rings. The van der Waals surface area contributed by atoms with Crippen molar-refractivity contribution in [1.29, 1.82) is 0 Å². The first-order valence-corrected chi connectivity index (χ1v) is 9.25. The van der Waals surface area contributed by atoms with Gasteiger partial charge in [-0.25, -0.2) is 0 Å². The number of benzene rings is 1. The van der Waals surface area contributed by atoms with Crippen LogP contribution < -0.4 is 5.73 Å². The van der Waals surface area contributed by atoms with Gasteiger partial charge in [0.1, 0.15) is 0 Å². The predicted octanol–water partition coefficient (Wildman–Crippen LogP) is 4.10. The van der Waals surface area contributed by atoms with Gasteiger partial charge < -0.3 is 10.5 Å². The van der Waals surface area contributed by atoms with Crippen molar-refractivity contribution in [2.75, 3.05) is 26.2 Å². The van der Waals surface area contributed by atoms with Crippen LogP contribution in [0.1, 0.15) is 37.8 Å². The molecule has 1 fully saturated rings. The summed E-state index contributed by atoms with van der Waals surface area (Å²) in [5.41, 5.74) is 7.33. The van der Waals surface area contributed by atoms with E-state index in [2.05, 4.69) is 61.9 Å². The molecule has 5 heteroatoms. The number of nitrogens with two attached hydrogens (primary N) is 1. The third-order valence-electron chi connectivity index (χ3n) is 3.96. The normalized spacial score (nSPS) is 21.4. The molecule has 0 bridgehead atoms. The molecule has 1 aliphatic heterocycles. The molecule has 1 aliphatic rings. The highest BCUT2D eigenvalue weighted by Gasteiger charge is 2.26. The van der Waals surface area contributed by atoms with Gasteiger partial charge >= 0.3 is 0 Å². The fourth-order valence-corrected chi connectivity index (χ4v) is 3.53. The highest BCUT2D eigenvalue weighted by Crippen LogP contribution is 2.30. The van der Waals surface area contributed by atoms with Gasteiger partial charge in [0, 0.05) is 34.7 Å². The van der Waals surface area contributed by atoms with E-state index in [0.717, 1.165) is 41.5 Å². The van der Waals surface area contributed by atoms with Gasteiger partial charge in [0.2, 0.25) is 0 Å². The number of hydrogen-bond acceptors (Lipinski definition) is 3. The van der Waals surface area contributed by atoms with Crippen LogP contribution >= 0.6 is 31.9 Å². The Morgan fingerprint density at radius 1 is 1.38 bits per heavy atom. The molecule has 0 amide bonds. The van der Waals surface area contributed by atoms with Gasteiger partial charge in [0.25, 0.3) is 0 Å². The highest BCUT2D eigenvalue weighted by molar-refractivity contribution is 9.13. The second-order valence-electron chi connectivity index (χ2n) is 5.56. The Hall–Kier alpha value is 0.0600. The van der Waals surface area contributed by atoms with E-state index in [9.17, 15) is 0 Å². The third-order valence-corrected chi connectivity index (χ3v) is 5.84. The van der Waals surface area contributed by atoms with Gasteiger partial charge in [-0.1, -0.05) is 13.0 Å². The minimum Gasteiger partial charge on any atom is -0.377 e. The van der Waals surface area contributed by atoms with Crippen LogP contribution in [-0.2, 0) is 4.74 Å². The molecule has 3 nitrogen and oxygen atoms in total. The monoisotopic (exact) mass is 418 g/mol. The summed E-state index contributed by atoms with van der Waals surface area (Å²) in [5, 5.41) is 0. The summed E-state index contributed by atoms with van der Waals surface area (Å²) in [6, 6.07) is 6.67. The van der Waals surface area contributed by atoms with Crippen molar-refractivity contribution in [2.24, 2.45) is 5.73 Å². The van der Waals surface area contributed by atoms with Crippen LogP contribution in [0, 0.1) is 0 Å². The zero-order valence-corrected chi connectivity index (χ0v) is 15.7.